The van der Waals surface area contributed by atoms with Crippen LogP contribution in [0, 0.1) is 5.92 Å². The molecule has 1 heterocycles. The highest BCUT2D eigenvalue weighted by Crippen LogP contribution is 2.49. The first-order valence-electron chi connectivity index (χ1n) is 6.72. The summed E-state index contributed by atoms with van der Waals surface area (Å²) in [6.45, 7) is 1.79. The van der Waals surface area contributed by atoms with Crippen LogP contribution in [0.3, 0.4) is 0 Å². The molecular weight excluding hydrogens is 278 g/mol. The average molecular weight is 296 g/mol. The number of hydrogen-bond donors (Lipinski definition) is 0. The molecule has 2 nitrogen and oxygen atoms in total. The summed E-state index contributed by atoms with van der Waals surface area (Å²) in [6, 6.07) is 8.00. The summed E-state index contributed by atoms with van der Waals surface area (Å²) in [5, 5.41) is 0.843. The Morgan fingerprint density at radius 2 is 2.11 bits per heavy atom. The molecule has 3 rings (SSSR count). The zero-order chi connectivity index (χ0) is 13.5. The fraction of sp³-hybridized carbons (Fsp3) is 0.533. The van der Waals surface area contributed by atoms with Crippen molar-refractivity contribution in [2.24, 2.45) is 5.92 Å². The number of likely N-dealkylation sites (tertiary alicyclic amines) is 1. The maximum Gasteiger partial charge on any atom is 0.238 e. The van der Waals surface area contributed by atoms with E-state index >= 15 is 0 Å². The van der Waals surface area contributed by atoms with Crippen LogP contribution in [-0.4, -0.2) is 34.9 Å². The molecule has 0 N–H and O–H groups in total. The van der Waals surface area contributed by atoms with Crippen LogP contribution in [0.1, 0.15) is 18.4 Å². The molecule has 2 fully saturated rings. The molecular formula is C15H18ClNOS. The van der Waals surface area contributed by atoms with Gasteiger partial charge in [0.05, 0.1) is 4.75 Å². The Bertz CT molecular complexity index is 495. The summed E-state index contributed by atoms with van der Waals surface area (Å²) in [5.74, 6) is 0.928. The van der Waals surface area contributed by atoms with Crippen LogP contribution in [0.2, 0.25) is 5.02 Å². The van der Waals surface area contributed by atoms with Gasteiger partial charge in [-0.2, -0.15) is 0 Å². The lowest BCUT2D eigenvalue weighted by molar-refractivity contribution is -0.137. The SMILES string of the molecule is CSC1(C(=O)N2CC(Cc3ccccc3Cl)C2)CC1. The highest BCUT2D eigenvalue weighted by Gasteiger charge is 2.53. The summed E-state index contributed by atoms with van der Waals surface area (Å²) in [5.41, 5.74) is 1.20. The van der Waals surface area contributed by atoms with Gasteiger partial charge in [-0.3, -0.25) is 4.79 Å². The normalized spacial score (nSPS) is 21.1. The fourth-order valence-electron chi connectivity index (χ4n) is 2.75. The minimum Gasteiger partial charge on any atom is -0.341 e. The highest BCUT2D eigenvalue weighted by atomic mass is 35.5. The molecule has 1 amide bonds. The quantitative estimate of drug-likeness (QED) is 0.850. The van der Waals surface area contributed by atoms with Gasteiger partial charge in [-0.15, -0.1) is 11.8 Å². The minimum atomic E-state index is -0.0602. The molecule has 2 aliphatic rings. The number of thioether (sulfide) groups is 1. The third kappa shape index (κ3) is 2.50. The van der Waals surface area contributed by atoms with E-state index in [0.717, 1.165) is 37.4 Å². The minimum absolute atomic E-state index is 0.0602. The Labute approximate surface area is 123 Å². The Morgan fingerprint density at radius 3 is 2.68 bits per heavy atom. The van der Waals surface area contributed by atoms with Gasteiger partial charge in [0.25, 0.3) is 0 Å². The van der Waals surface area contributed by atoms with Gasteiger partial charge in [-0.05, 0) is 43.1 Å². The molecule has 0 aromatic heterocycles. The van der Waals surface area contributed by atoms with E-state index in [1.54, 1.807) is 11.8 Å². The zero-order valence-electron chi connectivity index (χ0n) is 11.1. The lowest BCUT2D eigenvalue weighted by Crippen LogP contribution is -2.54. The summed E-state index contributed by atoms with van der Waals surface area (Å²) in [6.07, 6.45) is 5.14. The maximum absolute atomic E-state index is 12.3. The van der Waals surface area contributed by atoms with Crippen molar-refractivity contribution in [3.63, 3.8) is 0 Å². The Morgan fingerprint density at radius 1 is 1.42 bits per heavy atom. The van der Waals surface area contributed by atoms with Gasteiger partial charge < -0.3 is 4.90 Å². The number of benzene rings is 1. The van der Waals surface area contributed by atoms with E-state index in [0.29, 0.717) is 11.8 Å². The van der Waals surface area contributed by atoms with Crippen LogP contribution in [0.15, 0.2) is 24.3 Å². The molecule has 1 aliphatic heterocycles. The Balaban J connectivity index is 1.54. The predicted molar refractivity (Wildman–Crippen MR) is 80.7 cm³/mol. The second-order valence-electron chi connectivity index (χ2n) is 5.57. The molecule has 0 bridgehead atoms. The molecule has 102 valence electrons. The van der Waals surface area contributed by atoms with Crippen molar-refractivity contribution in [2.45, 2.75) is 24.0 Å². The Kier molecular flexibility index (Phi) is 3.52. The van der Waals surface area contributed by atoms with Crippen molar-refractivity contribution in [1.82, 2.24) is 4.90 Å². The molecule has 0 spiro atoms. The molecule has 0 atom stereocenters. The monoisotopic (exact) mass is 295 g/mol. The van der Waals surface area contributed by atoms with E-state index < -0.39 is 0 Å². The number of halogens is 1. The molecule has 1 saturated carbocycles. The molecule has 1 aliphatic carbocycles. The number of amides is 1. The van der Waals surface area contributed by atoms with Crippen LogP contribution in [0.25, 0.3) is 0 Å². The van der Waals surface area contributed by atoms with Gasteiger partial charge in [0.1, 0.15) is 0 Å². The van der Waals surface area contributed by atoms with Gasteiger partial charge >= 0.3 is 0 Å². The molecule has 0 unspecified atom stereocenters. The topological polar surface area (TPSA) is 20.3 Å². The third-order valence-electron chi connectivity index (χ3n) is 4.20. The van der Waals surface area contributed by atoms with Crippen LogP contribution in [-0.2, 0) is 11.2 Å². The smallest absolute Gasteiger partial charge is 0.238 e. The van der Waals surface area contributed by atoms with Gasteiger partial charge in [0.2, 0.25) is 5.91 Å². The van der Waals surface area contributed by atoms with E-state index in [4.69, 9.17) is 11.6 Å². The van der Waals surface area contributed by atoms with Crippen molar-refractivity contribution in [2.75, 3.05) is 19.3 Å². The van der Waals surface area contributed by atoms with Gasteiger partial charge in [0.15, 0.2) is 0 Å². The summed E-state index contributed by atoms with van der Waals surface area (Å²) in [4.78, 5) is 14.3. The van der Waals surface area contributed by atoms with E-state index in [-0.39, 0.29) is 4.75 Å². The molecule has 19 heavy (non-hydrogen) atoms. The molecule has 1 aromatic carbocycles. The predicted octanol–water partition coefficient (Wildman–Crippen LogP) is 3.24. The standard InChI is InChI=1S/C15H18ClNOS/c1-19-15(6-7-15)14(18)17-9-11(10-17)8-12-4-2-3-5-13(12)16/h2-5,11H,6-10H2,1H3. The average Bonchev–Trinajstić information content (AvgIpc) is 3.15. The molecule has 4 heteroatoms. The number of nitrogens with zero attached hydrogens (tertiary/aromatic N) is 1. The Hall–Kier alpha value is -0.670. The van der Waals surface area contributed by atoms with E-state index in [2.05, 4.69) is 6.07 Å². The van der Waals surface area contributed by atoms with E-state index in [1.165, 1.54) is 5.56 Å². The fourth-order valence-corrected chi connectivity index (χ4v) is 3.77. The lowest BCUT2D eigenvalue weighted by Gasteiger charge is -2.41. The number of rotatable bonds is 4. The largest absolute Gasteiger partial charge is 0.341 e. The first kappa shape index (κ1) is 13.3. The molecule has 0 radical (unpaired) electrons. The van der Waals surface area contributed by atoms with Crippen molar-refractivity contribution in [1.29, 1.82) is 0 Å². The van der Waals surface area contributed by atoms with Crippen molar-refractivity contribution in [3.8, 4) is 0 Å². The van der Waals surface area contributed by atoms with Crippen molar-refractivity contribution >= 4 is 29.3 Å². The zero-order valence-corrected chi connectivity index (χ0v) is 12.6. The summed E-state index contributed by atoms with van der Waals surface area (Å²) >= 11 is 7.89. The van der Waals surface area contributed by atoms with Crippen LogP contribution in [0.5, 0.6) is 0 Å². The van der Waals surface area contributed by atoms with Crippen molar-refractivity contribution < 1.29 is 4.79 Å². The van der Waals surface area contributed by atoms with Gasteiger partial charge in [-0.25, -0.2) is 0 Å². The van der Waals surface area contributed by atoms with E-state index in [1.807, 2.05) is 29.4 Å². The van der Waals surface area contributed by atoms with Gasteiger partial charge in [0, 0.05) is 18.1 Å². The van der Waals surface area contributed by atoms with E-state index in [9.17, 15) is 4.79 Å². The first-order valence-corrected chi connectivity index (χ1v) is 8.33. The highest BCUT2D eigenvalue weighted by molar-refractivity contribution is 8.01. The second kappa shape index (κ2) is 5.02. The van der Waals surface area contributed by atoms with Crippen LogP contribution < -0.4 is 0 Å². The number of hydrogen-bond acceptors (Lipinski definition) is 2. The second-order valence-corrected chi connectivity index (χ2v) is 7.17. The number of carbonyl (C=O) groups excluding carboxylic acids is 1. The summed E-state index contributed by atoms with van der Waals surface area (Å²) < 4.78 is -0.0602. The molecule has 1 saturated heterocycles. The molecule has 1 aromatic rings. The maximum atomic E-state index is 12.3. The first-order chi connectivity index (χ1) is 9.14. The number of carbonyl (C=O) groups is 1. The van der Waals surface area contributed by atoms with Gasteiger partial charge in [-0.1, -0.05) is 29.8 Å². The van der Waals surface area contributed by atoms with Crippen molar-refractivity contribution in [3.05, 3.63) is 34.9 Å². The van der Waals surface area contributed by atoms with Crippen LogP contribution >= 0.6 is 23.4 Å². The summed E-state index contributed by atoms with van der Waals surface area (Å²) in [7, 11) is 0. The van der Waals surface area contributed by atoms with Crippen LogP contribution in [0.4, 0.5) is 0 Å². The third-order valence-corrected chi connectivity index (χ3v) is 5.93. The lowest BCUT2D eigenvalue weighted by atomic mass is 9.91.